The van der Waals surface area contributed by atoms with Crippen LogP contribution < -0.4 is 10.0 Å². The molecule has 0 saturated heterocycles. The molecule has 1 aromatic rings. The fraction of sp³-hybridized carbons (Fsp3) is 0.615. The second-order valence-corrected chi connectivity index (χ2v) is 8.59. The van der Waals surface area contributed by atoms with Gasteiger partial charge in [0, 0.05) is 29.0 Å². The van der Waals surface area contributed by atoms with Gasteiger partial charge in [0.15, 0.2) is 0 Å². The van der Waals surface area contributed by atoms with Crippen molar-refractivity contribution in [2.24, 2.45) is 0 Å². The molecular formula is C13H22BrN3O2S2. The maximum absolute atomic E-state index is 12.4. The summed E-state index contributed by atoms with van der Waals surface area (Å²) < 4.78 is 28.1. The topological polar surface area (TPSA) is 71.1 Å². The van der Waals surface area contributed by atoms with E-state index in [1.807, 2.05) is 13.2 Å². The zero-order valence-electron chi connectivity index (χ0n) is 12.5. The quantitative estimate of drug-likeness (QED) is 0.671. The zero-order valence-corrected chi connectivity index (χ0v) is 15.7. The lowest BCUT2D eigenvalue weighted by molar-refractivity contribution is 0.579. The first-order chi connectivity index (χ1) is 9.90. The zero-order chi connectivity index (χ0) is 15.9. The van der Waals surface area contributed by atoms with E-state index in [2.05, 4.69) is 37.9 Å². The van der Waals surface area contributed by atoms with Crippen LogP contribution >= 0.6 is 27.7 Å². The predicted molar refractivity (Wildman–Crippen MR) is 93.5 cm³/mol. The van der Waals surface area contributed by atoms with E-state index in [0.29, 0.717) is 28.6 Å². The highest BCUT2D eigenvalue weighted by Crippen LogP contribution is 2.23. The van der Waals surface area contributed by atoms with E-state index in [9.17, 15) is 8.42 Å². The Balaban J connectivity index is 2.87. The first-order valence-corrected chi connectivity index (χ1v) is 10.4. The van der Waals surface area contributed by atoms with Gasteiger partial charge < -0.3 is 5.32 Å². The fourth-order valence-electron chi connectivity index (χ4n) is 1.59. The van der Waals surface area contributed by atoms with Crippen molar-refractivity contribution in [3.63, 3.8) is 0 Å². The minimum absolute atomic E-state index is 0.183. The third-order valence-corrected chi connectivity index (χ3v) is 5.85. The van der Waals surface area contributed by atoms with E-state index in [1.165, 1.54) is 0 Å². The molecule has 8 heteroatoms. The Morgan fingerprint density at radius 2 is 2.14 bits per heavy atom. The molecule has 1 heterocycles. The van der Waals surface area contributed by atoms with Crippen LogP contribution in [0.1, 0.15) is 26.7 Å². The molecule has 0 bridgehead atoms. The molecule has 5 nitrogen and oxygen atoms in total. The van der Waals surface area contributed by atoms with Gasteiger partial charge in [-0.25, -0.2) is 18.1 Å². The predicted octanol–water partition coefficient (Wildman–Crippen LogP) is 3.09. The van der Waals surface area contributed by atoms with E-state index >= 15 is 0 Å². The van der Waals surface area contributed by atoms with Crippen LogP contribution in [-0.4, -0.2) is 38.0 Å². The highest BCUT2D eigenvalue weighted by atomic mass is 79.9. The molecule has 0 radical (unpaired) electrons. The van der Waals surface area contributed by atoms with E-state index in [-0.39, 0.29) is 4.90 Å². The molecule has 0 aliphatic carbocycles. The van der Waals surface area contributed by atoms with Crippen molar-refractivity contribution in [2.45, 2.75) is 36.8 Å². The Morgan fingerprint density at radius 3 is 2.76 bits per heavy atom. The van der Waals surface area contributed by atoms with Crippen LogP contribution in [0.4, 0.5) is 5.82 Å². The molecule has 120 valence electrons. The van der Waals surface area contributed by atoms with E-state index in [4.69, 9.17) is 0 Å². The van der Waals surface area contributed by atoms with Gasteiger partial charge in [-0.15, -0.1) is 0 Å². The number of nitrogens with zero attached hydrogens (tertiary/aromatic N) is 1. The van der Waals surface area contributed by atoms with E-state index in [1.54, 1.807) is 24.0 Å². The van der Waals surface area contributed by atoms with Gasteiger partial charge in [-0.05, 0) is 41.1 Å². The van der Waals surface area contributed by atoms with Crippen LogP contribution in [0.5, 0.6) is 0 Å². The molecule has 21 heavy (non-hydrogen) atoms. The summed E-state index contributed by atoms with van der Waals surface area (Å²) in [4.78, 5) is 4.34. The van der Waals surface area contributed by atoms with Crippen LogP contribution in [-0.2, 0) is 10.0 Å². The van der Waals surface area contributed by atoms with Gasteiger partial charge in [0.25, 0.3) is 0 Å². The minimum atomic E-state index is -3.56. The van der Waals surface area contributed by atoms with Crippen molar-refractivity contribution in [2.75, 3.05) is 24.7 Å². The number of aromatic nitrogens is 1. The molecule has 0 spiro atoms. The Labute approximate surface area is 139 Å². The largest absolute Gasteiger partial charge is 0.369 e. The van der Waals surface area contributed by atoms with Crippen LogP contribution in [0.15, 0.2) is 21.6 Å². The van der Waals surface area contributed by atoms with Crippen molar-refractivity contribution in [1.29, 1.82) is 0 Å². The van der Waals surface area contributed by atoms with E-state index < -0.39 is 10.0 Å². The Hall–Kier alpha value is -0.310. The lowest BCUT2D eigenvalue weighted by Gasteiger charge is -2.13. The summed E-state index contributed by atoms with van der Waals surface area (Å²) in [5, 5.41) is 3.47. The Kier molecular flexibility index (Phi) is 8.00. The molecule has 0 aliphatic heterocycles. The van der Waals surface area contributed by atoms with Crippen LogP contribution in [0.2, 0.25) is 0 Å². The first-order valence-electron chi connectivity index (χ1n) is 6.82. The maximum atomic E-state index is 12.4. The van der Waals surface area contributed by atoms with Gasteiger partial charge in [-0.3, -0.25) is 0 Å². The van der Waals surface area contributed by atoms with Gasteiger partial charge in [-0.1, -0.05) is 13.8 Å². The maximum Gasteiger partial charge on any atom is 0.244 e. The normalized spacial score (nSPS) is 13.1. The fourth-order valence-corrected chi connectivity index (χ4v) is 3.63. The summed E-state index contributed by atoms with van der Waals surface area (Å²) in [5.41, 5.74) is 0. The van der Waals surface area contributed by atoms with Crippen molar-refractivity contribution in [3.8, 4) is 0 Å². The second kappa shape index (κ2) is 8.97. The minimum Gasteiger partial charge on any atom is -0.369 e. The summed E-state index contributed by atoms with van der Waals surface area (Å²) >= 11 is 4.99. The SMILES string of the molecule is CCCNc1ncc(Br)cc1S(=O)(=O)NCCC(C)SC. The van der Waals surface area contributed by atoms with Crippen LogP contribution in [0.25, 0.3) is 0 Å². The van der Waals surface area contributed by atoms with Gasteiger partial charge in [0.1, 0.15) is 10.7 Å². The highest BCUT2D eigenvalue weighted by molar-refractivity contribution is 9.10. The van der Waals surface area contributed by atoms with Gasteiger partial charge >= 0.3 is 0 Å². The molecule has 2 N–H and O–H groups in total. The lowest BCUT2D eigenvalue weighted by Crippen LogP contribution is -2.27. The second-order valence-electron chi connectivity index (χ2n) is 4.66. The number of nitrogens with one attached hydrogen (secondary N) is 2. The number of halogens is 1. The average molecular weight is 396 g/mol. The molecule has 1 unspecified atom stereocenters. The lowest BCUT2D eigenvalue weighted by atomic mass is 10.3. The third kappa shape index (κ3) is 6.14. The molecule has 0 saturated carbocycles. The first kappa shape index (κ1) is 18.7. The van der Waals surface area contributed by atoms with Gasteiger partial charge in [-0.2, -0.15) is 11.8 Å². The Morgan fingerprint density at radius 1 is 1.43 bits per heavy atom. The number of sulfonamides is 1. The average Bonchev–Trinajstić information content (AvgIpc) is 2.45. The molecule has 1 rings (SSSR count). The summed E-state index contributed by atoms with van der Waals surface area (Å²) in [6, 6.07) is 1.57. The number of pyridine rings is 1. The summed E-state index contributed by atoms with van der Waals surface area (Å²) in [7, 11) is -3.56. The molecule has 0 aliphatic rings. The van der Waals surface area contributed by atoms with Crippen molar-refractivity contribution in [3.05, 3.63) is 16.7 Å². The van der Waals surface area contributed by atoms with Crippen LogP contribution in [0.3, 0.4) is 0 Å². The van der Waals surface area contributed by atoms with Crippen molar-refractivity contribution >= 4 is 43.5 Å². The summed E-state index contributed by atoms with van der Waals surface area (Å²) in [5.74, 6) is 0.394. The molecule has 0 fully saturated rings. The number of anilines is 1. The molecular weight excluding hydrogens is 374 g/mol. The number of thioether (sulfide) groups is 1. The van der Waals surface area contributed by atoms with E-state index in [0.717, 1.165) is 12.8 Å². The van der Waals surface area contributed by atoms with Crippen molar-refractivity contribution < 1.29 is 8.42 Å². The summed E-state index contributed by atoms with van der Waals surface area (Å²) in [6.45, 7) is 5.20. The van der Waals surface area contributed by atoms with Gasteiger partial charge in [0.2, 0.25) is 10.0 Å². The standard InChI is InChI=1S/C13H22BrN3O2S2/c1-4-6-15-13-12(8-11(14)9-16-13)21(18,19)17-7-5-10(2)20-3/h8-10,17H,4-7H2,1-3H3,(H,15,16). The summed E-state index contributed by atoms with van der Waals surface area (Å²) in [6.07, 6.45) is 5.30. The highest BCUT2D eigenvalue weighted by Gasteiger charge is 2.20. The number of hydrogen-bond donors (Lipinski definition) is 2. The smallest absolute Gasteiger partial charge is 0.244 e. The van der Waals surface area contributed by atoms with Crippen molar-refractivity contribution in [1.82, 2.24) is 9.71 Å². The molecule has 1 atom stereocenters. The number of hydrogen-bond acceptors (Lipinski definition) is 5. The van der Waals surface area contributed by atoms with Gasteiger partial charge in [0.05, 0.1) is 0 Å². The van der Waals surface area contributed by atoms with Crippen LogP contribution in [0, 0.1) is 0 Å². The Bertz CT molecular complexity index is 552. The monoisotopic (exact) mass is 395 g/mol. The molecule has 0 amide bonds. The molecule has 0 aromatic carbocycles. The third-order valence-electron chi connectivity index (χ3n) is 2.90. The number of rotatable bonds is 9. The molecule has 1 aromatic heterocycles.